The van der Waals surface area contributed by atoms with Crippen molar-refractivity contribution in [2.45, 2.75) is 39.4 Å². The molecule has 1 aromatic rings. The number of nitrogens with one attached hydrogen (secondary N) is 1. The van der Waals surface area contributed by atoms with Crippen molar-refractivity contribution in [2.24, 2.45) is 0 Å². The normalized spacial score (nSPS) is 20.7. The summed E-state index contributed by atoms with van der Waals surface area (Å²) in [6, 6.07) is 3.13. The Labute approximate surface area is 127 Å². The summed E-state index contributed by atoms with van der Waals surface area (Å²) >= 11 is 6.24. The molecule has 0 aromatic carbocycles. The van der Waals surface area contributed by atoms with Crippen molar-refractivity contribution >= 4 is 17.4 Å². The number of hydrogen-bond acceptors (Lipinski definition) is 4. The Kier molecular flexibility index (Phi) is 5.24. The lowest BCUT2D eigenvalue weighted by Gasteiger charge is -2.38. The number of rotatable bonds is 4. The van der Waals surface area contributed by atoms with E-state index in [4.69, 9.17) is 11.6 Å². The summed E-state index contributed by atoms with van der Waals surface area (Å²) in [7, 11) is 2.18. The van der Waals surface area contributed by atoms with Crippen LogP contribution in [-0.4, -0.2) is 48.6 Å². The minimum Gasteiger partial charge on any atom is -0.354 e. The zero-order valence-corrected chi connectivity index (χ0v) is 13.6. The molecule has 2 heterocycles. The van der Waals surface area contributed by atoms with E-state index in [9.17, 15) is 0 Å². The first kappa shape index (κ1) is 15.5. The van der Waals surface area contributed by atoms with Crippen LogP contribution >= 0.6 is 11.6 Å². The summed E-state index contributed by atoms with van der Waals surface area (Å²) in [6.07, 6.45) is 1.78. The van der Waals surface area contributed by atoms with Crippen molar-refractivity contribution in [3.8, 4) is 0 Å². The molecular weight excluding hydrogens is 272 g/mol. The Bertz CT molecular complexity index is 449. The van der Waals surface area contributed by atoms with Crippen molar-refractivity contribution in [2.75, 3.05) is 31.6 Å². The number of piperazine rings is 1. The predicted octanol–water partition coefficient (Wildman–Crippen LogP) is 2.37. The summed E-state index contributed by atoms with van der Waals surface area (Å²) in [5, 5.41) is 4.15. The first-order valence-corrected chi connectivity index (χ1v) is 7.68. The van der Waals surface area contributed by atoms with Gasteiger partial charge in [-0.2, -0.15) is 0 Å². The number of anilines is 1. The standard InChI is InChI=1S/C15H25ClN4/c1-11(2)17-8-13-7-15(18-9-14(13)16)20-6-5-19(4)12(3)10-20/h7,9,11-12,17H,5-6,8,10H2,1-4H3. The van der Waals surface area contributed by atoms with Crippen LogP contribution in [0.5, 0.6) is 0 Å². The molecule has 1 aliphatic rings. The van der Waals surface area contributed by atoms with Gasteiger partial charge in [0.2, 0.25) is 0 Å². The van der Waals surface area contributed by atoms with Crippen LogP contribution < -0.4 is 10.2 Å². The van der Waals surface area contributed by atoms with Crippen LogP contribution in [0.15, 0.2) is 12.3 Å². The first-order valence-electron chi connectivity index (χ1n) is 7.30. The fourth-order valence-electron chi connectivity index (χ4n) is 2.35. The van der Waals surface area contributed by atoms with Gasteiger partial charge in [-0.25, -0.2) is 4.98 Å². The van der Waals surface area contributed by atoms with Crippen molar-refractivity contribution < 1.29 is 0 Å². The molecule has 2 rings (SSSR count). The molecule has 0 aliphatic carbocycles. The molecule has 20 heavy (non-hydrogen) atoms. The highest BCUT2D eigenvalue weighted by Crippen LogP contribution is 2.22. The highest BCUT2D eigenvalue weighted by Gasteiger charge is 2.22. The van der Waals surface area contributed by atoms with Gasteiger partial charge < -0.3 is 15.1 Å². The number of hydrogen-bond donors (Lipinski definition) is 1. The zero-order valence-electron chi connectivity index (χ0n) is 12.9. The van der Waals surface area contributed by atoms with Crippen molar-refractivity contribution in [1.82, 2.24) is 15.2 Å². The van der Waals surface area contributed by atoms with Crippen molar-refractivity contribution in [3.05, 3.63) is 22.8 Å². The highest BCUT2D eigenvalue weighted by atomic mass is 35.5. The molecular formula is C15H25ClN4. The van der Waals surface area contributed by atoms with Gasteiger partial charge in [-0.1, -0.05) is 25.4 Å². The molecule has 0 spiro atoms. The number of halogens is 1. The molecule has 4 nitrogen and oxygen atoms in total. The minimum absolute atomic E-state index is 0.450. The van der Waals surface area contributed by atoms with Gasteiger partial charge in [-0.3, -0.25) is 0 Å². The van der Waals surface area contributed by atoms with Crippen LogP contribution in [0.1, 0.15) is 26.3 Å². The van der Waals surface area contributed by atoms with E-state index in [0.717, 1.165) is 42.6 Å². The highest BCUT2D eigenvalue weighted by molar-refractivity contribution is 6.31. The summed E-state index contributed by atoms with van der Waals surface area (Å²) in [5.41, 5.74) is 1.12. The van der Waals surface area contributed by atoms with Gasteiger partial charge in [0.05, 0.1) is 5.02 Å². The second-order valence-corrected chi connectivity index (χ2v) is 6.35. The molecule has 5 heteroatoms. The third kappa shape index (κ3) is 3.84. The lowest BCUT2D eigenvalue weighted by molar-refractivity contribution is 0.233. The van der Waals surface area contributed by atoms with Gasteiger partial charge in [0.1, 0.15) is 5.82 Å². The molecule has 1 aromatic heterocycles. The maximum absolute atomic E-state index is 6.24. The smallest absolute Gasteiger partial charge is 0.129 e. The average molecular weight is 297 g/mol. The van der Waals surface area contributed by atoms with Crippen LogP contribution in [0.3, 0.4) is 0 Å². The van der Waals surface area contributed by atoms with Gasteiger partial charge in [-0.05, 0) is 25.6 Å². The van der Waals surface area contributed by atoms with E-state index in [2.05, 4.69) is 54.0 Å². The maximum atomic E-state index is 6.24. The summed E-state index contributed by atoms with van der Waals surface area (Å²) in [4.78, 5) is 9.23. The van der Waals surface area contributed by atoms with Crippen LogP contribution in [0, 0.1) is 0 Å². The molecule has 1 atom stereocenters. The molecule has 1 N–H and O–H groups in total. The van der Waals surface area contributed by atoms with Crippen LogP contribution in [0.4, 0.5) is 5.82 Å². The Morgan fingerprint density at radius 3 is 2.85 bits per heavy atom. The predicted molar refractivity (Wildman–Crippen MR) is 85.5 cm³/mol. The van der Waals surface area contributed by atoms with Gasteiger partial charge in [0, 0.05) is 44.5 Å². The number of nitrogens with zero attached hydrogens (tertiary/aromatic N) is 3. The van der Waals surface area contributed by atoms with Crippen molar-refractivity contribution in [3.63, 3.8) is 0 Å². The molecule has 0 saturated carbocycles. The number of likely N-dealkylation sites (N-methyl/N-ethyl adjacent to an activating group) is 1. The Morgan fingerprint density at radius 1 is 1.45 bits per heavy atom. The summed E-state index contributed by atoms with van der Waals surface area (Å²) in [6.45, 7) is 10.4. The van der Waals surface area contributed by atoms with Gasteiger partial charge >= 0.3 is 0 Å². The molecule has 0 bridgehead atoms. The van der Waals surface area contributed by atoms with E-state index in [1.807, 2.05) is 0 Å². The van der Waals surface area contributed by atoms with Crippen LogP contribution in [-0.2, 0) is 6.54 Å². The van der Waals surface area contributed by atoms with Crippen LogP contribution in [0.25, 0.3) is 0 Å². The van der Waals surface area contributed by atoms with Crippen LogP contribution in [0.2, 0.25) is 5.02 Å². The lowest BCUT2D eigenvalue weighted by Crippen LogP contribution is -2.50. The molecule has 1 saturated heterocycles. The Morgan fingerprint density at radius 2 is 2.20 bits per heavy atom. The monoisotopic (exact) mass is 296 g/mol. The Hall–Kier alpha value is -0.840. The number of aromatic nitrogens is 1. The second-order valence-electron chi connectivity index (χ2n) is 5.95. The van der Waals surface area contributed by atoms with Gasteiger partial charge in [0.15, 0.2) is 0 Å². The Balaban J connectivity index is 2.10. The molecule has 112 valence electrons. The summed E-state index contributed by atoms with van der Waals surface area (Å²) < 4.78 is 0. The fourth-order valence-corrected chi connectivity index (χ4v) is 2.52. The van der Waals surface area contributed by atoms with E-state index in [-0.39, 0.29) is 0 Å². The topological polar surface area (TPSA) is 31.4 Å². The maximum Gasteiger partial charge on any atom is 0.129 e. The van der Waals surface area contributed by atoms with E-state index in [1.54, 1.807) is 6.20 Å². The second kappa shape index (κ2) is 6.74. The van der Waals surface area contributed by atoms with E-state index >= 15 is 0 Å². The molecule has 0 radical (unpaired) electrons. The third-order valence-corrected chi connectivity index (χ3v) is 4.25. The lowest BCUT2D eigenvalue weighted by atomic mass is 10.2. The zero-order chi connectivity index (χ0) is 14.7. The largest absolute Gasteiger partial charge is 0.354 e. The fraction of sp³-hybridized carbons (Fsp3) is 0.667. The molecule has 1 fully saturated rings. The first-order chi connectivity index (χ1) is 9.47. The van der Waals surface area contributed by atoms with Gasteiger partial charge in [0.25, 0.3) is 0 Å². The SMILES string of the molecule is CC(C)NCc1cc(N2CCN(C)C(C)C2)ncc1Cl. The molecule has 1 aliphatic heterocycles. The van der Waals surface area contributed by atoms with Crippen molar-refractivity contribution in [1.29, 1.82) is 0 Å². The number of pyridine rings is 1. The van der Waals surface area contributed by atoms with E-state index < -0.39 is 0 Å². The quantitative estimate of drug-likeness (QED) is 0.924. The average Bonchev–Trinajstić information content (AvgIpc) is 2.41. The van der Waals surface area contributed by atoms with E-state index in [0.29, 0.717) is 12.1 Å². The summed E-state index contributed by atoms with van der Waals surface area (Å²) in [5.74, 6) is 1.04. The minimum atomic E-state index is 0.450. The van der Waals surface area contributed by atoms with E-state index in [1.165, 1.54) is 0 Å². The molecule has 0 amide bonds. The molecule has 1 unspecified atom stereocenters. The van der Waals surface area contributed by atoms with Gasteiger partial charge in [-0.15, -0.1) is 0 Å². The third-order valence-electron chi connectivity index (χ3n) is 3.90.